The number of halogens is 1. The van der Waals surface area contributed by atoms with Crippen LogP contribution in [0.1, 0.15) is 29.6 Å². The Kier molecular flexibility index (Phi) is 4.31. The number of aromatic nitrogens is 4. The molecule has 6 heteroatoms. The molecule has 0 radical (unpaired) electrons. The molecule has 0 aliphatic rings. The summed E-state index contributed by atoms with van der Waals surface area (Å²) in [4.78, 5) is 8.95. The second kappa shape index (κ2) is 5.79. The zero-order valence-corrected chi connectivity index (χ0v) is 13.2. The van der Waals surface area contributed by atoms with Crippen LogP contribution in [0.15, 0.2) is 10.7 Å². The largest absolute Gasteiger partial charge is 0.313 e. The zero-order chi connectivity index (χ0) is 14.0. The van der Waals surface area contributed by atoms with E-state index in [0.29, 0.717) is 5.95 Å². The van der Waals surface area contributed by atoms with Crippen LogP contribution in [0.4, 0.5) is 0 Å². The van der Waals surface area contributed by atoms with Crippen molar-refractivity contribution in [3.8, 4) is 5.95 Å². The van der Waals surface area contributed by atoms with E-state index >= 15 is 0 Å². The highest BCUT2D eigenvalue weighted by Crippen LogP contribution is 2.21. The normalized spacial score (nSPS) is 11.0. The Balaban J connectivity index is 2.36. The molecule has 1 N–H and O–H groups in total. The van der Waals surface area contributed by atoms with Gasteiger partial charge in [-0.3, -0.25) is 0 Å². The average Bonchev–Trinajstić information content (AvgIpc) is 2.65. The molecule has 102 valence electrons. The van der Waals surface area contributed by atoms with Crippen LogP contribution in [0, 0.1) is 20.8 Å². The summed E-state index contributed by atoms with van der Waals surface area (Å²) >= 11 is 3.52. The first-order chi connectivity index (χ1) is 9.04. The molecule has 0 aliphatic carbocycles. The maximum Gasteiger partial charge on any atom is 0.251 e. The number of nitrogens with one attached hydrogen (secondary N) is 1. The third-order valence-corrected chi connectivity index (χ3v) is 4.17. The molecule has 0 saturated carbocycles. The van der Waals surface area contributed by atoms with Crippen LogP contribution in [0.2, 0.25) is 0 Å². The Hall–Kier alpha value is -1.27. The Labute approximate surface area is 121 Å². The molecule has 0 spiro atoms. The second-order valence-electron chi connectivity index (χ2n) is 4.46. The van der Waals surface area contributed by atoms with Crippen LogP contribution in [-0.4, -0.2) is 26.3 Å². The first-order valence-corrected chi connectivity index (χ1v) is 7.09. The van der Waals surface area contributed by atoms with E-state index in [-0.39, 0.29) is 0 Å². The topological polar surface area (TPSA) is 55.6 Å². The van der Waals surface area contributed by atoms with Crippen molar-refractivity contribution in [3.05, 3.63) is 33.3 Å². The molecule has 0 aliphatic heterocycles. The minimum atomic E-state index is 0.615. The fourth-order valence-corrected chi connectivity index (χ4v) is 2.08. The molecule has 2 heterocycles. The summed E-state index contributed by atoms with van der Waals surface area (Å²) in [6.07, 6.45) is 1.87. The van der Waals surface area contributed by atoms with Gasteiger partial charge in [0, 0.05) is 24.0 Å². The SMILES string of the molecule is CCNCc1cnc(-n2nc(C)c(Br)c2C)nc1C. The molecule has 19 heavy (non-hydrogen) atoms. The van der Waals surface area contributed by atoms with E-state index < -0.39 is 0 Å². The standard InChI is InChI=1S/C13H18BrN5/c1-5-15-6-11-7-16-13(17-8(11)2)19-10(4)12(14)9(3)18-19/h7,15H,5-6H2,1-4H3. The number of nitrogens with zero attached hydrogens (tertiary/aromatic N) is 4. The van der Waals surface area contributed by atoms with Gasteiger partial charge in [0.1, 0.15) is 0 Å². The Morgan fingerprint density at radius 3 is 2.53 bits per heavy atom. The third kappa shape index (κ3) is 2.84. The highest BCUT2D eigenvalue weighted by molar-refractivity contribution is 9.10. The van der Waals surface area contributed by atoms with Gasteiger partial charge in [-0.05, 0) is 43.2 Å². The minimum absolute atomic E-state index is 0.615. The first kappa shape index (κ1) is 14.1. The fraction of sp³-hybridized carbons (Fsp3) is 0.462. The van der Waals surface area contributed by atoms with Crippen molar-refractivity contribution in [1.82, 2.24) is 25.1 Å². The van der Waals surface area contributed by atoms with Gasteiger partial charge >= 0.3 is 0 Å². The van der Waals surface area contributed by atoms with Gasteiger partial charge in [-0.15, -0.1) is 0 Å². The Bertz CT molecular complexity index is 591. The van der Waals surface area contributed by atoms with E-state index in [1.54, 1.807) is 4.68 Å². The lowest BCUT2D eigenvalue weighted by molar-refractivity contribution is 0.705. The van der Waals surface area contributed by atoms with E-state index in [2.05, 4.69) is 43.2 Å². The van der Waals surface area contributed by atoms with E-state index in [1.807, 2.05) is 27.0 Å². The summed E-state index contributed by atoms with van der Waals surface area (Å²) in [6, 6.07) is 0. The van der Waals surface area contributed by atoms with Crippen molar-refractivity contribution >= 4 is 15.9 Å². The van der Waals surface area contributed by atoms with Gasteiger partial charge in [-0.2, -0.15) is 5.10 Å². The number of rotatable bonds is 4. The van der Waals surface area contributed by atoms with Crippen LogP contribution < -0.4 is 5.32 Å². The van der Waals surface area contributed by atoms with Crippen molar-refractivity contribution < 1.29 is 0 Å². The summed E-state index contributed by atoms with van der Waals surface area (Å²) in [5.74, 6) is 0.615. The van der Waals surface area contributed by atoms with Crippen molar-refractivity contribution in [1.29, 1.82) is 0 Å². The number of hydrogen-bond donors (Lipinski definition) is 1. The van der Waals surface area contributed by atoms with Gasteiger partial charge < -0.3 is 5.32 Å². The van der Waals surface area contributed by atoms with Crippen LogP contribution in [-0.2, 0) is 6.54 Å². The molecule has 5 nitrogen and oxygen atoms in total. The van der Waals surface area contributed by atoms with Crippen LogP contribution >= 0.6 is 15.9 Å². The fourth-order valence-electron chi connectivity index (χ4n) is 1.83. The summed E-state index contributed by atoms with van der Waals surface area (Å²) in [6.45, 7) is 9.76. The highest BCUT2D eigenvalue weighted by Gasteiger charge is 2.13. The van der Waals surface area contributed by atoms with Gasteiger partial charge in [0.25, 0.3) is 5.95 Å². The molecule has 0 saturated heterocycles. The third-order valence-electron chi connectivity index (χ3n) is 3.03. The zero-order valence-electron chi connectivity index (χ0n) is 11.7. The molecular weight excluding hydrogens is 306 g/mol. The van der Waals surface area contributed by atoms with E-state index in [9.17, 15) is 0 Å². The highest BCUT2D eigenvalue weighted by atomic mass is 79.9. The molecule has 0 unspecified atom stereocenters. The molecule has 0 atom stereocenters. The molecular formula is C13H18BrN5. The first-order valence-electron chi connectivity index (χ1n) is 6.30. The number of aryl methyl sites for hydroxylation is 2. The Morgan fingerprint density at radius 2 is 2.00 bits per heavy atom. The molecule has 2 aromatic heterocycles. The molecule has 0 bridgehead atoms. The molecule has 2 aromatic rings. The number of hydrogen-bond acceptors (Lipinski definition) is 4. The van der Waals surface area contributed by atoms with Gasteiger partial charge in [0.05, 0.1) is 15.9 Å². The lowest BCUT2D eigenvalue weighted by atomic mass is 10.2. The van der Waals surface area contributed by atoms with E-state index in [0.717, 1.165) is 40.2 Å². The summed E-state index contributed by atoms with van der Waals surface area (Å²) in [5, 5.41) is 7.72. The van der Waals surface area contributed by atoms with Gasteiger partial charge in [0.15, 0.2) is 0 Å². The molecule has 0 fully saturated rings. The molecule has 2 rings (SSSR count). The minimum Gasteiger partial charge on any atom is -0.313 e. The van der Waals surface area contributed by atoms with Gasteiger partial charge in [-0.25, -0.2) is 14.6 Å². The van der Waals surface area contributed by atoms with Crippen LogP contribution in [0.3, 0.4) is 0 Å². The van der Waals surface area contributed by atoms with Crippen LogP contribution in [0.25, 0.3) is 5.95 Å². The maximum absolute atomic E-state index is 4.54. The molecule has 0 aromatic carbocycles. The van der Waals surface area contributed by atoms with Crippen molar-refractivity contribution in [3.63, 3.8) is 0 Å². The summed E-state index contributed by atoms with van der Waals surface area (Å²) in [5.41, 5.74) is 4.05. The lowest BCUT2D eigenvalue weighted by Crippen LogP contribution is -2.15. The van der Waals surface area contributed by atoms with Gasteiger partial charge in [0.2, 0.25) is 0 Å². The summed E-state index contributed by atoms with van der Waals surface area (Å²) in [7, 11) is 0. The van der Waals surface area contributed by atoms with Crippen molar-refractivity contribution in [2.45, 2.75) is 34.2 Å². The average molecular weight is 324 g/mol. The second-order valence-corrected chi connectivity index (χ2v) is 5.25. The quantitative estimate of drug-likeness (QED) is 0.939. The van der Waals surface area contributed by atoms with Crippen molar-refractivity contribution in [2.75, 3.05) is 6.54 Å². The monoisotopic (exact) mass is 323 g/mol. The summed E-state index contributed by atoms with van der Waals surface area (Å²) < 4.78 is 2.77. The Morgan fingerprint density at radius 1 is 1.26 bits per heavy atom. The maximum atomic E-state index is 4.54. The van der Waals surface area contributed by atoms with E-state index in [1.165, 1.54) is 0 Å². The van der Waals surface area contributed by atoms with Crippen LogP contribution in [0.5, 0.6) is 0 Å². The molecule has 0 amide bonds. The smallest absolute Gasteiger partial charge is 0.251 e. The lowest BCUT2D eigenvalue weighted by Gasteiger charge is -2.08. The predicted molar refractivity (Wildman–Crippen MR) is 78.4 cm³/mol. The van der Waals surface area contributed by atoms with Gasteiger partial charge in [-0.1, -0.05) is 6.92 Å². The van der Waals surface area contributed by atoms with Crippen molar-refractivity contribution in [2.24, 2.45) is 0 Å². The predicted octanol–water partition coefficient (Wildman–Crippen LogP) is 2.46. The van der Waals surface area contributed by atoms with E-state index in [4.69, 9.17) is 0 Å².